The number of hydrogen-bond acceptors (Lipinski definition) is 8. The summed E-state index contributed by atoms with van der Waals surface area (Å²) in [6, 6.07) is 10.4. The summed E-state index contributed by atoms with van der Waals surface area (Å²) in [4.78, 5) is 23.8. The van der Waals surface area contributed by atoms with Gasteiger partial charge in [0.25, 0.3) is 5.91 Å². The van der Waals surface area contributed by atoms with Gasteiger partial charge in [-0.25, -0.2) is 13.4 Å². The zero-order valence-corrected chi connectivity index (χ0v) is 18.7. The van der Waals surface area contributed by atoms with E-state index in [-0.39, 0.29) is 10.8 Å². The third-order valence-corrected chi connectivity index (χ3v) is 6.86. The first-order valence-corrected chi connectivity index (χ1v) is 12.3. The van der Waals surface area contributed by atoms with Crippen LogP contribution in [0.15, 0.2) is 41.4 Å². The molecule has 32 heavy (non-hydrogen) atoms. The summed E-state index contributed by atoms with van der Waals surface area (Å²) in [5.41, 5.74) is 1.64. The van der Waals surface area contributed by atoms with Gasteiger partial charge in [0.05, 0.1) is 29.2 Å². The maximum absolute atomic E-state index is 13.5. The molecule has 2 aliphatic heterocycles. The number of nitrogens with zero attached hydrogens (tertiary/aromatic N) is 5. The topological polar surface area (TPSA) is 107 Å². The molecule has 0 aliphatic carbocycles. The van der Waals surface area contributed by atoms with Gasteiger partial charge in [0.15, 0.2) is 9.84 Å². The maximum atomic E-state index is 13.5. The molecule has 10 heteroatoms. The molecule has 0 bridgehead atoms. The van der Waals surface area contributed by atoms with E-state index >= 15 is 0 Å². The van der Waals surface area contributed by atoms with Crippen molar-refractivity contribution in [1.82, 2.24) is 9.88 Å². The minimum atomic E-state index is -3.44. The molecular weight excluding hydrogens is 430 g/mol. The molecule has 0 radical (unpaired) electrons. The highest BCUT2D eigenvalue weighted by Crippen LogP contribution is 2.27. The number of hydrogen-bond donors (Lipinski definition) is 0. The number of anilines is 2. The van der Waals surface area contributed by atoms with Crippen molar-refractivity contribution in [2.24, 2.45) is 0 Å². The van der Waals surface area contributed by atoms with Crippen LogP contribution in [0.1, 0.15) is 15.9 Å². The summed E-state index contributed by atoms with van der Waals surface area (Å²) in [5, 5.41) is 8.93. The minimum absolute atomic E-state index is 0.137. The van der Waals surface area contributed by atoms with Gasteiger partial charge in [-0.1, -0.05) is 0 Å². The van der Waals surface area contributed by atoms with E-state index < -0.39 is 9.84 Å². The number of benzene rings is 1. The van der Waals surface area contributed by atoms with Gasteiger partial charge in [0.1, 0.15) is 11.9 Å². The largest absolute Gasteiger partial charge is 0.378 e. The van der Waals surface area contributed by atoms with Gasteiger partial charge in [0, 0.05) is 57.4 Å². The highest BCUT2D eigenvalue weighted by Gasteiger charge is 2.27. The van der Waals surface area contributed by atoms with Gasteiger partial charge in [-0.3, -0.25) is 4.79 Å². The summed E-state index contributed by atoms with van der Waals surface area (Å²) in [6.45, 7) is 4.62. The zero-order valence-electron chi connectivity index (χ0n) is 17.9. The van der Waals surface area contributed by atoms with Gasteiger partial charge < -0.3 is 19.4 Å². The fourth-order valence-corrected chi connectivity index (χ4v) is 4.59. The lowest BCUT2D eigenvalue weighted by atomic mass is 10.1. The van der Waals surface area contributed by atoms with Crippen LogP contribution in [0.25, 0.3) is 0 Å². The van der Waals surface area contributed by atoms with Gasteiger partial charge in [-0.05, 0) is 30.3 Å². The van der Waals surface area contributed by atoms with Crippen LogP contribution in [-0.2, 0) is 14.6 Å². The van der Waals surface area contributed by atoms with Crippen molar-refractivity contribution < 1.29 is 17.9 Å². The quantitative estimate of drug-likeness (QED) is 0.676. The van der Waals surface area contributed by atoms with Crippen molar-refractivity contribution in [2.75, 3.05) is 68.5 Å². The van der Waals surface area contributed by atoms with Crippen molar-refractivity contribution in [3.05, 3.63) is 47.7 Å². The molecule has 9 nitrogen and oxygen atoms in total. The fourth-order valence-electron chi connectivity index (χ4n) is 3.95. The second-order valence-corrected chi connectivity index (χ2v) is 9.86. The number of carbonyl (C=O) groups excluding carboxylic acids is 1. The molecule has 0 unspecified atom stereocenters. The molecule has 1 aromatic carbocycles. The number of nitriles is 1. The Bertz CT molecular complexity index is 1130. The molecule has 0 spiro atoms. The van der Waals surface area contributed by atoms with E-state index in [9.17, 15) is 13.2 Å². The molecule has 168 valence electrons. The predicted molar refractivity (Wildman–Crippen MR) is 120 cm³/mol. The van der Waals surface area contributed by atoms with Crippen LogP contribution < -0.4 is 9.80 Å². The van der Waals surface area contributed by atoms with Crippen molar-refractivity contribution in [3.63, 3.8) is 0 Å². The highest BCUT2D eigenvalue weighted by molar-refractivity contribution is 7.90. The molecule has 3 heterocycles. The fraction of sp³-hybridized carbons (Fsp3) is 0.409. The van der Waals surface area contributed by atoms with Crippen molar-refractivity contribution in [3.8, 4) is 6.07 Å². The maximum Gasteiger partial charge on any atom is 0.256 e. The number of aromatic nitrogens is 1. The third-order valence-electron chi connectivity index (χ3n) is 5.75. The molecule has 0 N–H and O–H groups in total. The first kappa shape index (κ1) is 22.0. The second-order valence-electron chi connectivity index (χ2n) is 7.85. The lowest BCUT2D eigenvalue weighted by Gasteiger charge is -2.36. The second kappa shape index (κ2) is 9.14. The van der Waals surface area contributed by atoms with Crippen LogP contribution in [0.5, 0.6) is 0 Å². The number of sulfone groups is 1. The summed E-state index contributed by atoms with van der Waals surface area (Å²) in [6.07, 6.45) is 2.69. The average molecular weight is 456 g/mol. The lowest BCUT2D eigenvalue weighted by Crippen LogP contribution is -2.49. The summed E-state index contributed by atoms with van der Waals surface area (Å²) in [7, 11) is -3.44. The molecule has 1 aromatic heterocycles. The number of ether oxygens (including phenoxy) is 1. The third kappa shape index (κ3) is 4.69. The van der Waals surface area contributed by atoms with E-state index in [0.29, 0.717) is 63.6 Å². The van der Waals surface area contributed by atoms with Gasteiger partial charge in [-0.15, -0.1) is 0 Å². The highest BCUT2D eigenvalue weighted by atomic mass is 32.2. The van der Waals surface area contributed by atoms with Crippen molar-refractivity contribution in [1.29, 1.82) is 5.26 Å². The Morgan fingerprint density at radius 1 is 1.03 bits per heavy atom. The number of rotatable bonds is 4. The van der Waals surface area contributed by atoms with E-state index in [2.05, 4.69) is 20.9 Å². The standard InChI is InChI=1S/C22H25N5O4S/c1-32(29,30)18-3-4-20(25-10-12-31-13-11-25)19(14-18)22(28)27-8-6-26(7-9-27)21-5-2-17(15-23)16-24-21/h2-5,14,16H,6-13H2,1H3. The first-order valence-electron chi connectivity index (χ1n) is 10.4. The van der Waals surface area contributed by atoms with E-state index in [1.165, 1.54) is 12.3 Å². The number of amides is 1. The molecule has 2 saturated heterocycles. The number of morpholine rings is 1. The van der Waals surface area contributed by atoms with Crippen LogP contribution in [0, 0.1) is 11.3 Å². The predicted octanol–water partition coefficient (Wildman–Crippen LogP) is 1.16. The van der Waals surface area contributed by atoms with Gasteiger partial charge in [-0.2, -0.15) is 5.26 Å². The van der Waals surface area contributed by atoms with Crippen LogP contribution >= 0.6 is 0 Å². The normalized spacial score (nSPS) is 17.2. The Morgan fingerprint density at radius 2 is 1.75 bits per heavy atom. The molecule has 0 saturated carbocycles. The first-order chi connectivity index (χ1) is 15.4. The molecule has 0 atom stereocenters. The summed E-state index contributed by atoms with van der Waals surface area (Å²) in [5.74, 6) is 0.591. The Hall–Kier alpha value is -3.16. The van der Waals surface area contributed by atoms with Crippen molar-refractivity contribution in [2.45, 2.75) is 4.90 Å². The van der Waals surface area contributed by atoms with Crippen LogP contribution in [-0.4, -0.2) is 82.9 Å². The molecular formula is C22H25N5O4S. The van der Waals surface area contributed by atoms with Gasteiger partial charge in [0.2, 0.25) is 0 Å². The van der Waals surface area contributed by atoms with Gasteiger partial charge >= 0.3 is 0 Å². The van der Waals surface area contributed by atoms with E-state index in [4.69, 9.17) is 10.00 Å². The Kier molecular flexibility index (Phi) is 6.30. The van der Waals surface area contributed by atoms with Crippen LogP contribution in [0.4, 0.5) is 11.5 Å². The SMILES string of the molecule is CS(=O)(=O)c1ccc(N2CCOCC2)c(C(=O)N2CCN(c3ccc(C#N)cn3)CC2)c1. The Labute approximate surface area is 187 Å². The van der Waals surface area contributed by atoms with Crippen molar-refractivity contribution >= 4 is 27.2 Å². The Balaban J connectivity index is 1.54. The minimum Gasteiger partial charge on any atom is -0.378 e. The average Bonchev–Trinajstić information content (AvgIpc) is 2.83. The van der Waals surface area contributed by atoms with E-state index in [1.807, 2.05) is 6.07 Å². The number of piperazine rings is 1. The number of carbonyl (C=O) groups is 1. The summed E-state index contributed by atoms with van der Waals surface area (Å²) < 4.78 is 29.7. The van der Waals surface area contributed by atoms with Crippen LogP contribution in [0.2, 0.25) is 0 Å². The Morgan fingerprint density at radius 3 is 2.34 bits per heavy atom. The van der Waals surface area contributed by atoms with Crippen LogP contribution in [0.3, 0.4) is 0 Å². The molecule has 2 aliphatic rings. The zero-order chi connectivity index (χ0) is 22.7. The smallest absolute Gasteiger partial charge is 0.256 e. The molecule has 2 fully saturated rings. The molecule has 2 aromatic rings. The lowest BCUT2D eigenvalue weighted by molar-refractivity contribution is 0.0745. The monoisotopic (exact) mass is 455 g/mol. The molecule has 4 rings (SSSR count). The van der Waals surface area contributed by atoms with E-state index in [0.717, 1.165) is 17.8 Å². The number of pyridine rings is 1. The molecule has 1 amide bonds. The van der Waals surface area contributed by atoms with E-state index in [1.54, 1.807) is 23.1 Å². The summed E-state index contributed by atoms with van der Waals surface area (Å²) >= 11 is 0.